The van der Waals surface area contributed by atoms with Crippen molar-refractivity contribution in [3.05, 3.63) is 52.0 Å². The summed E-state index contributed by atoms with van der Waals surface area (Å²) in [5, 5.41) is 2.87. The van der Waals surface area contributed by atoms with Gasteiger partial charge in [0.05, 0.1) is 44.7 Å². The number of rotatable bonds is 8. The van der Waals surface area contributed by atoms with E-state index in [2.05, 4.69) is 4.98 Å². The number of hydrogen-bond donors (Lipinski definition) is 0. The number of hydrogen-bond acceptors (Lipinski definition) is 8. The van der Waals surface area contributed by atoms with Crippen molar-refractivity contribution in [2.24, 2.45) is 0 Å². The Labute approximate surface area is 183 Å². The molecule has 0 aliphatic heterocycles. The molecule has 0 spiro atoms. The van der Waals surface area contributed by atoms with Gasteiger partial charge in [-0.15, -0.1) is 11.3 Å². The molecule has 0 fully saturated rings. The van der Waals surface area contributed by atoms with Crippen molar-refractivity contribution in [3.8, 4) is 33.6 Å². The molecule has 158 valence electrons. The van der Waals surface area contributed by atoms with Crippen LogP contribution in [0.15, 0.2) is 35.7 Å². The maximum absolute atomic E-state index is 12.4. The Morgan fingerprint density at radius 1 is 0.967 bits per heavy atom. The smallest absolute Gasteiger partial charge is 0.338 e. The number of esters is 1. The van der Waals surface area contributed by atoms with Gasteiger partial charge < -0.3 is 23.7 Å². The number of thiazole rings is 1. The highest BCUT2D eigenvalue weighted by Crippen LogP contribution is 2.36. The van der Waals surface area contributed by atoms with Gasteiger partial charge in [-0.25, -0.2) is 9.78 Å². The van der Waals surface area contributed by atoms with Crippen LogP contribution in [0.5, 0.6) is 23.0 Å². The molecule has 30 heavy (non-hydrogen) atoms. The van der Waals surface area contributed by atoms with E-state index in [1.54, 1.807) is 14.2 Å². The minimum Gasteiger partial charge on any atom is -0.493 e. The summed E-state index contributed by atoms with van der Waals surface area (Å²) in [6.07, 6.45) is 0. The highest BCUT2D eigenvalue weighted by molar-refractivity contribution is 7.13. The van der Waals surface area contributed by atoms with Crippen LogP contribution in [0.25, 0.3) is 10.6 Å². The van der Waals surface area contributed by atoms with Crippen LogP contribution in [0.4, 0.5) is 0 Å². The molecule has 1 heterocycles. The molecule has 9 heteroatoms. The van der Waals surface area contributed by atoms with Gasteiger partial charge in [-0.1, -0.05) is 11.6 Å². The second-order valence-corrected chi connectivity index (χ2v) is 7.25. The number of halogens is 1. The van der Waals surface area contributed by atoms with Crippen molar-refractivity contribution < 1.29 is 28.5 Å². The zero-order valence-electron chi connectivity index (χ0n) is 16.9. The van der Waals surface area contributed by atoms with Crippen LogP contribution in [0.1, 0.15) is 16.1 Å². The van der Waals surface area contributed by atoms with Crippen LogP contribution in [0, 0.1) is 0 Å². The Morgan fingerprint density at radius 2 is 1.70 bits per heavy atom. The number of benzene rings is 2. The molecule has 0 N–H and O–H groups in total. The average molecular weight is 450 g/mol. The van der Waals surface area contributed by atoms with E-state index in [9.17, 15) is 4.79 Å². The lowest BCUT2D eigenvalue weighted by Crippen LogP contribution is -2.06. The number of carbonyl (C=O) groups is 1. The first-order chi connectivity index (χ1) is 14.5. The lowest BCUT2D eigenvalue weighted by atomic mass is 10.2. The van der Waals surface area contributed by atoms with Gasteiger partial charge in [0.15, 0.2) is 23.0 Å². The largest absolute Gasteiger partial charge is 0.493 e. The number of ether oxygens (including phenoxy) is 5. The van der Waals surface area contributed by atoms with E-state index in [1.807, 2.05) is 23.6 Å². The first-order valence-electron chi connectivity index (χ1n) is 8.76. The zero-order valence-corrected chi connectivity index (χ0v) is 18.4. The Kier molecular flexibility index (Phi) is 7.02. The van der Waals surface area contributed by atoms with Gasteiger partial charge in [-0.2, -0.15) is 0 Å². The third kappa shape index (κ3) is 4.60. The molecule has 7 nitrogen and oxygen atoms in total. The molecule has 0 aliphatic rings. The lowest BCUT2D eigenvalue weighted by Gasteiger charge is -2.11. The van der Waals surface area contributed by atoms with Crippen molar-refractivity contribution in [1.82, 2.24) is 4.98 Å². The highest BCUT2D eigenvalue weighted by Gasteiger charge is 2.17. The summed E-state index contributed by atoms with van der Waals surface area (Å²) in [6, 6.07) is 8.54. The molecular weight excluding hydrogens is 430 g/mol. The van der Waals surface area contributed by atoms with E-state index in [0.717, 1.165) is 10.6 Å². The fourth-order valence-corrected chi connectivity index (χ4v) is 3.82. The van der Waals surface area contributed by atoms with Crippen LogP contribution in [-0.4, -0.2) is 39.4 Å². The van der Waals surface area contributed by atoms with E-state index in [4.69, 9.17) is 35.3 Å². The van der Waals surface area contributed by atoms with Gasteiger partial charge in [0, 0.05) is 10.9 Å². The molecule has 0 aliphatic carbocycles. The molecular formula is C21H20ClNO6S. The molecule has 3 rings (SSSR count). The molecule has 1 aromatic heterocycles. The molecule has 0 atom stereocenters. The van der Waals surface area contributed by atoms with E-state index < -0.39 is 5.97 Å². The number of aromatic nitrogens is 1. The Bertz CT molecular complexity index is 1050. The first-order valence-corrected chi connectivity index (χ1v) is 10.0. The highest BCUT2D eigenvalue weighted by atomic mass is 35.5. The van der Waals surface area contributed by atoms with Crippen molar-refractivity contribution in [1.29, 1.82) is 0 Å². The standard InChI is InChI=1S/C21H20ClNO6S/c1-25-16-6-5-12(8-17(16)26-2)20-23-14(11-30-20)10-29-21(24)13-7-15(22)19(28-4)18(9-13)27-3/h5-9,11H,10H2,1-4H3. The van der Waals surface area contributed by atoms with Crippen LogP contribution < -0.4 is 18.9 Å². The summed E-state index contributed by atoms with van der Waals surface area (Å²) in [4.78, 5) is 17.0. The van der Waals surface area contributed by atoms with Crippen LogP contribution >= 0.6 is 22.9 Å². The van der Waals surface area contributed by atoms with Crippen LogP contribution in [0.3, 0.4) is 0 Å². The molecule has 0 unspecified atom stereocenters. The summed E-state index contributed by atoms with van der Waals surface area (Å²) < 4.78 is 26.3. The summed E-state index contributed by atoms with van der Waals surface area (Å²) in [5.41, 5.74) is 1.76. The summed E-state index contributed by atoms with van der Waals surface area (Å²) in [6.45, 7) is 0.0224. The third-order valence-electron chi connectivity index (χ3n) is 4.20. The minimum absolute atomic E-state index is 0.0224. The van der Waals surface area contributed by atoms with Gasteiger partial charge in [0.25, 0.3) is 0 Å². The van der Waals surface area contributed by atoms with Crippen molar-refractivity contribution in [2.45, 2.75) is 6.61 Å². The van der Waals surface area contributed by atoms with Gasteiger partial charge in [0.1, 0.15) is 11.6 Å². The topological polar surface area (TPSA) is 76.1 Å². The van der Waals surface area contributed by atoms with Crippen molar-refractivity contribution >= 4 is 28.9 Å². The van der Waals surface area contributed by atoms with E-state index in [1.165, 1.54) is 37.7 Å². The average Bonchev–Trinajstić information content (AvgIpc) is 3.25. The fraction of sp³-hybridized carbons (Fsp3) is 0.238. The Hall–Kier alpha value is -2.97. The quantitative estimate of drug-likeness (QED) is 0.455. The predicted octanol–water partition coefficient (Wildman–Crippen LogP) is 4.85. The van der Waals surface area contributed by atoms with Gasteiger partial charge >= 0.3 is 5.97 Å². The predicted molar refractivity (Wildman–Crippen MR) is 114 cm³/mol. The van der Waals surface area contributed by atoms with Crippen molar-refractivity contribution in [2.75, 3.05) is 28.4 Å². The zero-order chi connectivity index (χ0) is 21.7. The Morgan fingerprint density at radius 3 is 2.37 bits per heavy atom. The fourth-order valence-electron chi connectivity index (χ4n) is 2.73. The van der Waals surface area contributed by atoms with Crippen LogP contribution in [0.2, 0.25) is 5.02 Å². The summed E-state index contributed by atoms with van der Waals surface area (Å²) in [5.74, 6) is 1.42. The molecule has 0 radical (unpaired) electrons. The number of methoxy groups -OCH3 is 4. The SMILES string of the molecule is COc1ccc(-c2nc(COC(=O)c3cc(Cl)c(OC)c(OC)c3)cs2)cc1OC. The molecule has 0 amide bonds. The maximum atomic E-state index is 12.4. The van der Waals surface area contributed by atoms with E-state index >= 15 is 0 Å². The van der Waals surface area contributed by atoms with Gasteiger partial charge in [0.2, 0.25) is 0 Å². The number of carbonyl (C=O) groups excluding carboxylic acids is 1. The van der Waals surface area contributed by atoms with Crippen molar-refractivity contribution in [3.63, 3.8) is 0 Å². The second-order valence-electron chi connectivity index (χ2n) is 5.98. The van der Waals surface area contributed by atoms with E-state index in [-0.39, 0.29) is 17.2 Å². The normalized spacial score (nSPS) is 10.4. The maximum Gasteiger partial charge on any atom is 0.338 e. The molecule has 2 aromatic carbocycles. The van der Waals surface area contributed by atoms with Gasteiger partial charge in [-0.3, -0.25) is 0 Å². The molecule has 3 aromatic rings. The first kappa shape index (κ1) is 21.7. The third-order valence-corrected chi connectivity index (χ3v) is 5.42. The van der Waals surface area contributed by atoms with E-state index in [0.29, 0.717) is 28.7 Å². The molecule has 0 saturated carbocycles. The number of nitrogens with zero attached hydrogens (tertiary/aromatic N) is 1. The lowest BCUT2D eigenvalue weighted by molar-refractivity contribution is 0.0468. The second kappa shape index (κ2) is 9.69. The summed E-state index contributed by atoms with van der Waals surface area (Å²) in [7, 11) is 6.10. The Balaban J connectivity index is 1.71. The molecule has 0 saturated heterocycles. The summed E-state index contributed by atoms with van der Waals surface area (Å²) >= 11 is 7.59. The molecule has 0 bridgehead atoms. The minimum atomic E-state index is -0.543. The van der Waals surface area contributed by atoms with Gasteiger partial charge in [-0.05, 0) is 30.3 Å². The van der Waals surface area contributed by atoms with Crippen LogP contribution in [-0.2, 0) is 11.3 Å². The monoisotopic (exact) mass is 449 g/mol.